The van der Waals surface area contributed by atoms with Gasteiger partial charge in [0.1, 0.15) is 11.9 Å². The fourth-order valence-electron chi connectivity index (χ4n) is 3.97. The minimum absolute atomic E-state index is 0.0986. The zero-order chi connectivity index (χ0) is 23.4. The maximum atomic E-state index is 13.4. The predicted molar refractivity (Wildman–Crippen MR) is 131 cm³/mol. The molecule has 1 aromatic heterocycles. The summed E-state index contributed by atoms with van der Waals surface area (Å²) in [6.07, 6.45) is 1.50. The van der Waals surface area contributed by atoms with Gasteiger partial charge in [0, 0.05) is 43.1 Å². The molecule has 8 heteroatoms. The second kappa shape index (κ2) is 10.0. The average molecular weight is 464 g/mol. The first-order valence-corrected chi connectivity index (χ1v) is 11.2. The third-order valence-electron chi connectivity index (χ3n) is 5.84. The fraction of sp³-hybridized carbons (Fsp3) is 0.240. The molecule has 0 unspecified atom stereocenters. The molecule has 2 aromatic carbocycles. The van der Waals surface area contributed by atoms with Crippen LogP contribution in [-0.2, 0) is 4.79 Å². The molecule has 0 spiro atoms. The summed E-state index contributed by atoms with van der Waals surface area (Å²) in [5.74, 6) is 0.193. The quantitative estimate of drug-likeness (QED) is 0.582. The highest BCUT2D eigenvalue weighted by Crippen LogP contribution is 2.27. The van der Waals surface area contributed by atoms with E-state index in [1.54, 1.807) is 18.2 Å². The number of aromatic nitrogens is 1. The number of benzene rings is 2. The summed E-state index contributed by atoms with van der Waals surface area (Å²) in [6, 6.07) is 18.4. The van der Waals surface area contributed by atoms with Crippen LogP contribution in [0.4, 0.5) is 11.5 Å². The zero-order valence-corrected chi connectivity index (χ0v) is 19.1. The highest BCUT2D eigenvalue weighted by Gasteiger charge is 2.31. The van der Waals surface area contributed by atoms with E-state index in [4.69, 9.17) is 17.3 Å². The predicted octanol–water partition coefficient (Wildman–Crippen LogP) is 3.64. The van der Waals surface area contributed by atoms with Gasteiger partial charge in [-0.05, 0) is 42.3 Å². The molecule has 1 aliphatic rings. The summed E-state index contributed by atoms with van der Waals surface area (Å²) in [6.45, 7) is 4.70. The van der Waals surface area contributed by atoms with E-state index >= 15 is 0 Å². The molecule has 3 N–H and O–H groups in total. The van der Waals surface area contributed by atoms with Gasteiger partial charge in [-0.2, -0.15) is 0 Å². The van der Waals surface area contributed by atoms with Gasteiger partial charge in [-0.1, -0.05) is 48.0 Å². The average Bonchev–Trinajstić information content (AvgIpc) is 2.83. The molecule has 2 amide bonds. The van der Waals surface area contributed by atoms with Gasteiger partial charge >= 0.3 is 0 Å². The maximum Gasteiger partial charge on any atom is 0.250 e. The molecule has 170 valence electrons. The van der Waals surface area contributed by atoms with E-state index in [1.165, 1.54) is 6.20 Å². The number of primary amides is 1. The second-order valence-corrected chi connectivity index (χ2v) is 8.47. The summed E-state index contributed by atoms with van der Waals surface area (Å²) >= 11 is 6.25. The van der Waals surface area contributed by atoms with Crippen molar-refractivity contribution in [3.8, 4) is 0 Å². The summed E-state index contributed by atoms with van der Waals surface area (Å²) in [5.41, 5.74) is 8.26. The van der Waals surface area contributed by atoms with Gasteiger partial charge in [0.15, 0.2) is 0 Å². The van der Waals surface area contributed by atoms with E-state index in [9.17, 15) is 9.59 Å². The molecule has 0 radical (unpaired) electrons. The minimum Gasteiger partial charge on any atom is -0.366 e. The summed E-state index contributed by atoms with van der Waals surface area (Å²) < 4.78 is 0. The largest absolute Gasteiger partial charge is 0.366 e. The Hall–Kier alpha value is -3.42. The number of hydrogen-bond acceptors (Lipinski definition) is 5. The Bertz CT molecular complexity index is 1130. The molecular weight excluding hydrogens is 438 g/mol. The van der Waals surface area contributed by atoms with Crippen molar-refractivity contribution in [1.29, 1.82) is 0 Å². The lowest BCUT2D eigenvalue weighted by Gasteiger charge is -2.39. The van der Waals surface area contributed by atoms with Crippen molar-refractivity contribution >= 4 is 34.9 Å². The van der Waals surface area contributed by atoms with Crippen LogP contribution in [0.5, 0.6) is 0 Å². The number of amides is 2. The van der Waals surface area contributed by atoms with Gasteiger partial charge in [-0.25, -0.2) is 4.98 Å². The van der Waals surface area contributed by atoms with E-state index in [2.05, 4.69) is 20.1 Å². The Kier molecular flexibility index (Phi) is 6.91. The number of halogens is 1. The fourth-order valence-corrected chi connectivity index (χ4v) is 4.15. The third-order valence-corrected chi connectivity index (χ3v) is 6.25. The zero-order valence-electron chi connectivity index (χ0n) is 18.4. The molecule has 7 nitrogen and oxygen atoms in total. The van der Waals surface area contributed by atoms with E-state index in [0.29, 0.717) is 42.5 Å². The summed E-state index contributed by atoms with van der Waals surface area (Å²) in [4.78, 5) is 33.4. The molecular formula is C25H26ClN5O2. The number of anilines is 2. The van der Waals surface area contributed by atoms with Crippen LogP contribution in [0.15, 0.2) is 66.9 Å². The number of nitrogens with two attached hydrogens (primary N) is 1. The second-order valence-electron chi connectivity index (χ2n) is 8.06. The first-order valence-electron chi connectivity index (χ1n) is 10.8. The van der Waals surface area contributed by atoms with Crippen LogP contribution in [0.2, 0.25) is 5.02 Å². The van der Waals surface area contributed by atoms with Crippen LogP contribution < -0.4 is 16.0 Å². The highest BCUT2D eigenvalue weighted by molar-refractivity contribution is 6.31. The van der Waals surface area contributed by atoms with Crippen molar-refractivity contribution in [1.82, 2.24) is 9.88 Å². The number of nitrogens with zero attached hydrogens (tertiary/aromatic N) is 3. The number of pyridine rings is 1. The van der Waals surface area contributed by atoms with E-state index in [1.807, 2.05) is 49.4 Å². The molecule has 1 atom stereocenters. The van der Waals surface area contributed by atoms with Crippen LogP contribution in [0.1, 0.15) is 27.5 Å². The Morgan fingerprint density at radius 1 is 1.03 bits per heavy atom. The Morgan fingerprint density at radius 3 is 2.36 bits per heavy atom. The third kappa shape index (κ3) is 5.32. The van der Waals surface area contributed by atoms with Crippen molar-refractivity contribution in [2.24, 2.45) is 5.73 Å². The van der Waals surface area contributed by atoms with E-state index in [0.717, 1.165) is 16.9 Å². The number of nitrogens with one attached hydrogen (secondary N) is 1. The molecule has 0 aliphatic carbocycles. The molecule has 0 bridgehead atoms. The van der Waals surface area contributed by atoms with E-state index < -0.39 is 11.9 Å². The van der Waals surface area contributed by atoms with Crippen molar-refractivity contribution in [3.63, 3.8) is 0 Å². The van der Waals surface area contributed by atoms with Gasteiger partial charge in [-0.15, -0.1) is 0 Å². The van der Waals surface area contributed by atoms with Crippen LogP contribution in [0, 0.1) is 6.92 Å². The van der Waals surface area contributed by atoms with Crippen molar-refractivity contribution < 1.29 is 9.59 Å². The number of hydrogen-bond donors (Lipinski definition) is 2. The number of piperazine rings is 1. The van der Waals surface area contributed by atoms with Gasteiger partial charge in [0.25, 0.3) is 0 Å². The van der Waals surface area contributed by atoms with E-state index in [-0.39, 0.29) is 5.91 Å². The lowest BCUT2D eigenvalue weighted by molar-refractivity contribution is -0.121. The molecule has 1 fully saturated rings. The molecule has 4 rings (SSSR count). The van der Waals surface area contributed by atoms with Crippen molar-refractivity contribution in [3.05, 3.63) is 88.6 Å². The molecule has 1 saturated heterocycles. The SMILES string of the molecule is Cc1ccc(NC(=O)[C@@H](c2ccccc2)N2CCN(c3ccc(C(N)=O)cn3)CC2)cc1Cl. The normalized spacial score (nSPS) is 15.2. The Labute approximate surface area is 198 Å². The van der Waals surface area contributed by atoms with Gasteiger partial charge < -0.3 is 16.0 Å². The first kappa shape index (κ1) is 22.8. The van der Waals surface area contributed by atoms with Gasteiger partial charge in [0.2, 0.25) is 11.8 Å². The van der Waals surface area contributed by atoms with Crippen LogP contribution in [0.3, 0.4) is 0 Å². The van der Waals surface area contributed by atoms with Crippen molar-refractivity contribution in [2.45, 2.75) is 13.0 Å². The van der Waals surface area contributed by atoms with Crippen LogP contribution in [-0.4, -0.2) is 47.9 Å². The highest BCUT2D eigenvalue weighted by atomic mass is 35.5. The lowest BCUT2D eigenvalue weighted by Crippen LogP contribution is -2.50. The smallest absolute Gasteiger partial charge is 0.250 e. The standard InChI is InChI=1S/C25H26ClN5O2/c1-17-7-9-20(15-21(17)26)29-25(33)23(18-5-3-2-4-6-18)31-13-11-30(12-14-31)22-10-8-19(16-28-22)24(27)32/h2-10,15-16,23H,11-14H2,1H3,(H2,27,32)(H,29,33)/t23-/m1/s1. The monoisotopic (exact) mass is 463 g/mol. The number of aryl methyl sites for hydroxylation is 1. The Morgan fingerprint density at radius 2 is 1.76 bits per heavy atom. The molecule has 0 saturated carbocycles. The summed E-state index contributed by atoms with van der Waals surface area (Å²) in [7, 11) is 0. The molecule has 3 aromatic rings. The topological polar surface area (TPSA) is 91.6 Å². The molecule has 1 aliphatic heterocycles. The molecule has 2 heterocycles. The maximum absolute atomic E-state index is 13.4. The first-order chi connectivity index (χ1) is 15.9. The number of carbonyl (C=O) groups excluding carboxylic acids is 2. The Balaban J connectivity index is 1.49. The minimum atomic E-state index is -0.495. The van der Waals surface area contributed by atoms with Crippen LogP contribution in [0.25, 0.3) is 0 Å². The van der Waals surface area contributed by atoms with Gasteiger partial charge in [-0.3, -0.25) is 14.5 Å². The molecule has 33 heavy (non-hydrogen) atoms. The summed E-state index contributed by atoms with van der Waals surface area (Å²) in [5, 5.41) is 3.65. The van der Waals surface area contributed by atoms with Crippen LogP contribution >= 0.6 is 11.6 Å². The number of carbonyl (C=O) groups is 2. The van der Waals surface area contributed by atoms with Gasteiger partial charge in [0.05, 0.1) is 5.56 Å². The number of rotatable bonds is 6. The van der Waals surface area contributed by atoms with Crippen molar-refractivity contribution in [2.75, 3.05) is 36.4 Å². The lowest BCUT2D eigenvalue weighted by atomic mass is 10.0.